The van der Waals surface area contributed by atoms with Crippen LogP contribution in [0.15, 0.2) is 9.42 Å². The summed E-state index contributed by atoms with van der Waals surface area (Å²) in [5, 5.41) is 11.5. The second-order valence-electron chi connectivity index (χ2n) is 11.7. The average Bonchev–Trinajstić information content (AvgIpc) is 3.38. The predicted molar refractivity (Wildman–Crippen MR) is 131 cm³/mol. The van der Waals surface area contributed by atoms with Gasteiger partial charge in [-0.15, -0.1) is 11.8 Å². The van der Waals surface area contributed by atoms with Crippen molar-refractivity contribution in [1.82, 2.24) is 15.8 Å². The van der Waals surface area contributed by atoms with Crippen LogP contribution in [0, 0.1) is 22.7 Å². The van der Waals surface area contributed by atoms with Crippen LogP contribution >= 0.6 is 11.8 Å². The molecule has 33 heavy (non-hydrogen) atoms. The zero-order valence-corrected chi connectivity index (χ0v) is 21.4. The number of ether oxygens (including phenoxy) is 1. The lowest BCUT2D eigenvalue weighted by Gasteiger charge is -2.39. The van der Waals surface area contributed by atoms with Gasteiger partial charge in [0.25, 0.3) is 11.8 Å². The molecule has 3 atom stereocenters. The van der Waals surface area contributed by atoms with Gasteiger partial charge in [0.2, 0.25) is 5.76 Å². The van der Waals surface area contributed by atoms with Gasteiger partial charge in [-0.2, -0.15) is 0 Å². The lowest BCUT2D eigenvalue weighted by atomic mass is 9.69. The quantitative estimate of drug-likeness (QED) is 0.548. The summed E-state index contributed by atoms with van der Waals surface area (Å²) in [7, 11) is 0. The molecule has 1 amide bonds. The molecule has 4 fully saturated rings. The SMILES string of the molecule is CC1(C)[C@H]2CC[C@@]1(C)[C@H](NC(=O)c1onc(OCC3CCNCC3)c1SC1CCCCC1)C2. The minimum absolute atomic E-state index is 0.118. The third kappa shape index (κ3) is 4.44. The van der Waals surface area contributed by atoms with Crippen LogP contribution in [0.4, 0.5) is 0 Å². The van der Waals surface area contributed by atoms with Gasteiger partial charge in [-0.25, -0.2) is 0 Å². The molecule has 1 aromatic rings. The normalized spacial score (nSPS) is 32.2. The highest BCUT2D eigenvalue weighted by Crippen LogP contribution is 2.65. The molecule has 6 nitrogen and oxygen atoms in total. The third-order valence-corrected chi connectivity index (χ3v) is 11.1. The van der Waals surface area contributed by atoms with Crippen molar-refractivity contribution in [3.8, 4) is 5.88 Å². The number of rotatable bonds is 7. The van der Waals surface area contributed by atoms with E-state index in [2.05, 4.69) is 36.6 Å². The molecule has 0 spiro atoms. The maximum atomic E-state index is 13.5. The van der Waals surface area contributed by atoms with Crippen LogP contribution in [0.25, 0.3) is 0 Å². The van der Waals surface area contributed by atoms with Crippen LogP contribution < -0.4 is 15.4 Å². The van der Waals surface area contributed by atoms with Gasteiger partial charge in [-0.3, -0.25) is 4.79 Å². The summed E-state index contributed by atoms with van der Waals surface area (Å²) >= 11 is 1.76. The standard InChI is InChI=1S/C26H41N3O3S/c1-25(2)18-9-12-26(25,3)20(15-18)28-23(30)21-22(33-19-7-5-4-6-8-19)24(29-32-21)31-16-17-10-13-27-14-11-17/h17-20,27H,4-16H2,1-3H3,(H,28,30)/t18-,20+,26-/m0/s1. The number of nitrogens with one attached hydrogen (secondary N) is 2. The van der Waals surface area contributed by atoms with E-state index in [0.29, 0.717) is 35.3 Å². The van der Waals surface area contributed by atoms with Crippen molar-refractivity contribution in [2.75, 3.05) is 19.7 Å². The van der Waals surface area contributed by atoms with Crippen LogP contribution in [0.1, 0.15) is 95.5 Å². The summed E-state index contributed by atoms with van der Waals surface area (Å²) in [4.78, 5) is 14.3. The summed E-state index contributed by atoms with van der Waals surface area (Å²) in [5.41, 5.74) is 0.396. The average molecular weight is 476 g/mol. The Bertz CT molecular complexity index is 844. The second-order valence-corrected chi connectivity index (χ2v) is 13.0. The van der Waals surface area contributed by atoms with Gasteiger partial charge in [-0.05, 0) is 85.9 Å². The lowest BCUT2D eigenvalue weighted by molar-refractivity contribution is 0.0789. The number of fused-ring (bicyclic) bond motifs is 2. The van der Waals surface area contributed by atoms with Crippen molar-refractivity contribution in [3.63, 3.8) is 0 Å². The number of thioether (sulfide) groups is 1. The molecule has 0 unspecified atom stereocenters. The minimum atomic E-state index is -0.118. The van der Waals surface area contributed by atoms with Crippen LogP contribution in [0.3, 0.4) is 0 Å². The molecule has 0 aromatic carbocycles. The van der Waals surface area contributed by atoms with E-state index in [1.54, 1.807) is 11.8 Å². The van der Waals surface area contributed by atoms with Crippen LogP contribution in [0.2, 0.25) is 0 Å². The Morgan fingerprint density at radius 2 is 1.91 bits per heavy atom. The molecule has 2 heterocycles. The van der Waals surface area contributed by atoms with E-state index in [1.165, 1.54) is 44.9 Å². The zero-order chi connectivity index (χ0) is 23.1. The smallest absolute Gasteiger partial charge is 0.291 e. The predicted octanol–water partition coefficient (Wildman–Crippen LogP) is 5.42. The third-order valence-electron chi connectivity index (χ3n) is 9.68. The van der Waals surface area contributed by atoms with E-state index in [-0.39, 0.29) is 22.8 Å². The highest BCUT2D eigenvalue weighted by molar-refractivity contribution is 8.00. The number of hydrogen-bond acceptors (Lipinski definition) is 6. The number of aromatic nitrogens is 1. The van der Waals surface area contributed by atoms with Gasteiger partial charge in [0.15, 0.2) is 0 Å². The Kier molecular flexibility index (Phi) is 6.73. The number of nitrogens with zero attached hydrogens (tertiary/aromatic N) is 1. The van der Waals surface area contributed by atoms with Gasteiger partial charge in [0.1, 0.15) is 4.90 Å². The summed E-state index contributed by atoms with van der Waals surface area (Å²) in [6, 6.07) is 0.190. The first-order chi connectivity index (χ1) is 15.9. The Morgan fingerprint density at radius 3 is 2.58 bits per heavy atom. The van der Waals surface area contributed by atoms with E-state index in [4.69, 9.17) is 9.26 Å². The van der Waals surface area contributed by atoms with Gasteiger partial charge in [0, 0.05) is 11.3 Å². The Balaban J connectivity index is 1.32. The number of piperidine rings is 1. The van der Waals surface area contributed by atoms with Crippen LogP contribution in [-0.4, -0.2) is 42.1 Å². The molecule has 1 aliphatic heterocycles. The molecule has 0 radical (unpaired) electrons. The van der Waals surface area contributed by atoms with Gasteiger partial charge in [0.05, 0.1) is 6.61 Å². The first-order valence-electron chi connectivity index (χ1n) is 13.2. The van der Waals surface area contributed by atoms with Crippen LogP contribution in [0.5, 0.6) is 5.88 Å². The van der Waals surface area contributed by atoms with E-state index in [9.17, 15) is 4.79 Å². The molecule has 1 aromatic heterocycles. The molecule has 7 heteroatoms. The van der Waals surface area contributed by atoms with Gasteiger partial charge < -0.3 is 19.9 Å². The number of amides is 1. The first kappa shape index (κ1) is 23.5. The van der Waals surface area contributed by atoms with Crippen molar-refractivity contribution in [1.29, 1.82) is 0 Å². The molecule has 2 bridgehead atoms. The molecule has 2 N–H and O–H groups in total. The monoisotopic (exact) mass is 475 g/mol. The number of carbonyl (C=O) groups excluding carboxylic acids is 1. The summed E-state index contributed by atoms with van der Waals surface area (Å²) in [6.07, 6.45) is 11.9. The maximum Gasteiger partial charge on any atom is 0.291 e. The molecule has 1 saturated heterocycles. The van der Waals surface area contributed by atoms with Crippen molar-refractivity contribution in [2.45, 2.75) is 101 Å². The van der Waals surface area contributed by atoms with Crippen LogP contribution in [-0.2, 0) is 0 Å². The highest BCUT2D eigenvalue weighted by Gasteiger charge is 2.61. The van der Waals surface area contributed by atoms with E-state index in [1.807, 2.05) is 0 Å². The molecule has 4 aliphatic rings. The summed E-state index contributed by atoms with van der Waals surface area (Å²) in [6.45, 7) is 9.84. The minimum Gasteiger partial charge on any atom is -0.474 e. The number of carbonyl (C=O) groups is 1. The van der Waals surface area contributed by atoms with Gasteiger partial charge in [-0.1, -0.05) is 40.0 Å². The maximum absolute atomic E-state index is 13.5. The Hall–Kier alpha value is -1.21. The Labute approximate surface area is 202 Å². The molecular weight excluding hydrogens is 434 g/mol. The molecule has 184 valence electrons. The second kappa shape index (κ2) is 9.44. The largest absolute Gasteiger partial charge is 0.474 e. The fourth-order valence-corrected chi connectivity index (χ4v) is 8.18. The fraction of sp³-hybridized carbons (Fsp3) is 0.846. The fourth-order valence-electron chi connectivity index (χ4n) is 6.85. The van der Waals surface area contributed by atoms with Crippen molar-refractivity contribution in [3.05, 3.63) is 5.76 Å². The van der Waals surface area contributed by atoms with E-state index < -0.39 is 0 Å². The molecular formula is C26H41N3O3S. The summed E-state index contributed by atoms with van der Waals surface area (Å²) in [5.74, 6) is 1.97. The first-order valence-corrected chi connectivity index (χ1v) is 14.1. The van der Waals surface area contributed by atoms with E-state index >= 15 is 0 Å². The van der Waals surface area contributed by atoms with E-state index in [0.717, 1.165) is 37.2 Å². The van der Waals surface area contributed by atoms with Gasteiger partial charge >= 0.3 is 0 Å². The zero-order valence-electron chi connectivity index (χ0n) is 20.6. The number of hydrogen-bond donors (Lipinski definition) is 2. The molecule has 3 saturated carbocycles. The van der Waals surface area contributed by atoms with Crippen molar-refractivity contribution >= 4 is 17.7 Å². The Morgan fingerprint density at radius 1 is 1.15 bits per heavy atom. The molecule has 5 rings (SSSR count). The topological polar surface area (TPSA) is 76.4 Å². The van der Waals surface area contributed by atoms with Crippen molar-refractivity contribution in [2.24, 2.45) is 22.7 Å². The molecule has 3 aliphatic carbocycles. The lowest BCUT2D eigenvalue weighted by Crippen LogP contribution is -2.46. The van der Waals surface area contributed by atoms with Crippen molar-refractivity contribution < 1.29 is 14.1 Å². The summed E-state index contributed by atoms with van der Waals surface area (Å²) < 4.78 is 11.9. The highest BCUT2D eigenvalue weighted by atomic mass is 32.2.